The second-order valence-electron chi connectivity index (χ2n) is 4.05. The number of nitrogens with two attached hydrogens (primary N) is 1. The Hall–Kier alpha value is -2.42. The average Bonchev–Trinajstić information content (AvgIpc) is 2.79. The third kappa shape index (κ3) is 2.77. The molecule has 0 amide bonds. The predicted molar refractivity (Wildman–Crippen MR) is 71.5 cm³/mol. The van der Waals surface area contributed by atoms with Gasteiger partial charge < -0.3 is 10.7 Å². The number of benzene rings is 1. The Morgan fingerprint density at radius 3 is 2.70 bits per heavy atom. The zero-order chi connectivity index (χ0) is 14.9. The molecule has 9 heteroatoms. The molecule has 0 unspecified atom stereocenters. The minimum absolute atomic E-state index is 0.162. The number of anilines is 1. The number of rotatable bonds is 4. The van der Waals surface area contributed by atoms with E-state index in [1.54, 1.807) is 6.92 Å². The molecule has 0 aliphatic rings. The van der Waals surface area contributed by atoms with Crippen LogP contribution < -0.4 is 10.5 Å². The second-order valence-corrected chi connectivity index (χ2v) is 5.70. The highest BCUT2D eigenvalue weighted by Gasteiger charge is 2.18. The van der Waals surface area contributed by atoms with Gasteiger partial charge in [0.1, 0.15) is 17.5 Å². The Morgan fingerprint density at radius 2 is 2.20 bits per heavy atom. The van der Waals surface area contributed by atoms with Crippen molar-refractivity contribution >= 4 is 21.5 Å². The maximum Gasteiger partial charge on any atom is 0.279 e. The summed E-state index contributed by atoms with van der Waals surface area (Å²) in [4.78, 5) is 6.32. The molecule has 20 heavy (non-hydrogen) atoms. The quantitative estimate of drug-likeness (QED) is 0.495. The topological polar surface area (TPSA) is 125 Å². The number of halogens is 1. The lowest BCUT2D eigenvalue weighted by atomic mass is 10.2. The van der Waals surface area contributed by atoms with Crippen LogP contribution in [0.25, 0.3) is 0 Å². The largest absolute Gasteiger partial charge is 0.384 e. The van der Waals surface area contributed by atoms with Gasteiger partial charge in [-0.15, -0.1) is 0 Å². The van der Waals surface area contributed by atoms with Crippen LogP contribution in [0.15, 0.2) is 29.4 Å². The fraction of sp³-hybridized carbons (Fsp3) is 0.0909. The molecule has 106 valence electrons. The molecule has 0 spiro atoms. The van der Waals surface area contributed by atoms with Crippen molar-refractivity contribution in [2.75, 3.05) is 4.72 Å². The van der Waals surface area contributed by atoms with E-state index in [9.17, 15) is 12.8 Å². The summed E-state index contributed by atoms with van der Waals surface area (Å²) in [5.74, 6) is -0.696. The van der Waals surface area contributed by atoms with E-state index in [0.717, 1.165) is 12.3 Å². The highest BCUT2D eigenvalue weighted by atomic mass is 32.2. The second kappa shape index (κ2) is 4.93. The maximum absolute atomic E-state index is 13.8. The summed E-state index contributed by atoms with van der Waals surface area (Å²) in [6.07, 6.45) is 1.14. The number of nitrogens with one attached hydrogen (secondary N) is 3. The predicted octanol–water partition coefficient (Wildman–Crippen LogP) is 0.942. The highest BCUT2D eigenvalue weighted by Crippen LogP contribution is 2.19. The molecule has 0 aliphatic heterocycles. The first-order valence-electron chi connectivity index (χ1n) is 5.48. The van der Waals surface area contributed by atoms with Gasteiger partial charge in [0.25, 0.3) is 10.0 Å². The van der Waals surface area contributed by atoms with Crippen molar-refractivity contribution in [3.63, 3.8) is 0 Å². The third-order valence-electron chi connectivity index (χ3n) is 2.49. The van der Waals surface area contributed by atoms with Gasteiger partial charge in [0.15, 0.2) is 5.03 Å². The fourth-order valence-electron chi connectivity index (χ4n) is 1.50. The summed E-state index contributed by atoms with van der Waals surface area (Å²) in [7, 11) is -3.94. The molecule has 0 fully saturated rings. The molecule has 0 atom stereocenters. The first-order valence-corrected chi connectivity index (χ1v) is 6.96. The molecule has 0 bridgehead atoms. The molecular weight excluding hydrogens is 285 g/mol. The molecule has 0 saturated heterocycles. The monoisotopic (exact) mass is 297 g/mol. The maximum atomic E-state index is 13.8. The third-order valence-corrected chi connectivity index (χ3v) is 3.77. The van der Waals surface area contributed by atoms with Gasteiger partial charge >= 0.3 is 0 Å². The standard InChI is InChI=1S/C11H12FN5O2S/c1-6-15-5-10(16-6)20(18,19)17-9-3-2-7(11(13)14)4-8(9)12/h2-5,17H,1H3,(H3,13,14)(H,15,16). The van der Waals surface area contributed by atoms with Crippen molar-refractivity contribution in [3.8, 4) is 0 Å². The molecule has 1 aromatic carbocycles. The van der Waals surface area contributed by atoms with Gasteiger partial charge in [-0.2, -0.15) is 8.42 Å². The number of aryl methyl sites for hydroxylation is 1. The molecule has 0 saturated carbocycles. The molecule has 0 aliphatic carbocycles. The van der Waals surface area contributed by atoms with Crippen molar-refractivity contribution in [2.45, 2.75) is 11.9 Å². The summed E-state index contributed by atoms with van der Waals surface area (Å²) < 4.78 is 39.8. The van der Waals surface area contributed by atoms with Crippen LogP contribution in [0.3, 0.4) is 0 Å². The molecule has 5 N–H and O–H groups in total. The number of amidine groups is 1. The van der Waals surface area contributed by atoms with E-state index in [2.05, 4.69) is 14.7 Å². The molecule has 1 heterocycles. The lowest BCUT2D eigenvalue weighted by molar-refractivity contribution is 0.595. The van der Waals surface area contributed by atoms with Crippen LogP contribution >= 0.6 is 0 Å². The van der Waals surface area contributed by atoms with E-state index in [4.69, 9.17) is 11.1 Å². The van der Waals surface area contributed by atoms with Gasteiger partial charge in [0.05, 0.1) is 11.9 Å². The zero-order valence-corrected chi connectivity index (χ0v) is 11.3. The van der Waals surface area contributed by atoms with E-state index >= 15 is 0 Å². The average molecular weight is 297 g/mol. The van der Waals surface area contributed by atoms with Crippen molar-refractivity contribution in [1.29, 1.82) is 5.41 Å². The molecule has 0 radical (unpaired) electrons. The number of hydrogen-bond donors (Lipinski definition) is 4. The van der Waals surface area contributed by atoms with Gasteiger partial charge in [0, 0.05) is 5.56 Å². The number of imidazole rings is 1. The van der Waals surface area contributed by atoms with Crippen LogP contribution in [-0.4, -0.2) is 24.2 Å². The Labute approximate surface area is 114 Å². The first-order chi connectivity index (χ1) is 9.29. The van der Waals surface area contributed by atoms with Gasteiger partial charge in [-0.05, 0) is 25.1 Å². The lowest BCUT2D eigenvalue weighted by Gasteiger charge is -2.08. The number of nitrogen functional groups attached to an aromatic ring is 1. The highest BCUT2D eigenvalue weighted by molar-refractivity contribution is 7.92. The Kier molecular flexibility index (Phi) is 3.45. The Balaban J connectivity index is 2.32. The van der Waals surface area contributed by atoms with Crippen molar-refractivity contribution in [1.82, 2.24) is 9.97 Å². The normalized spacial score (nSPS) is 11.3. The number of nitrogens with zero attached hydrogens (tertiary/aromatic N) is 1. The van der Waals surface area contributed by atoms with Crippen LogP contribution in [-0.2, 0) is 10.0 Å². The Bertz CT molecular complexity index is 769. The molecule has 7 nitrogen and oxygen atoms in total. The molecular formula is C11H12FN5O2S. The number of H-pyrrole nitrogens is 1. The van der Waals surface area contributed by atoms with Crippen molar-refractivity contribution in [2.24, 2.45) is 5.73 Å². The summed E-state index contributed by atoms with van der Waals surface area (Å²) in [6, 6.07) is 3.53. The summed E-state index contributed by atoms with van der Waals surface area (Å²) in [6.45, 7) is 1.60. The summed E-state index contributed by atoms with van der Waals surface area (Å²) in [5, 5.41) is 7.02. The smallest absolute Gasteiger partial charge is 0.279 e. The van der Waals surface area contributed by atoms with Crippen LogP contribution in [0.5, 0.6) is 0 Å². The van der Waals surface area contributed by atoms with Crippen LogP contribution in [0.1, 0.15) is 11.4 Å². The summed E-state index contributed by atoms with van der Waals surface area (Å²) >= 11 is 0. The van der Waals surface area contributed by atoms with Crippen LogP contribution in [0.4, 0.5) is 10.1 Å². The zero-order valence-electron chi connectivity index (χ0n) is 10.4. The van der Waals surface area contributed by atoms with E-state index in [0.29, 0.717) is 5.82 Å². The van der Waals surface area contributed by atoms with Gasteiger partial charge in [0.2, 0.25) is 0 Å². The minimum atomic E-state index is -3.94. The lowest BCUT2D eigenvalue weighted by Crippen LogP contribution is -2.16. The van der Waals surface area contributed by atoms with E-state index in [1.165, 1.54) is 12.1 Å². The van der Waals surface area contributed by atoms with Gasteiger partial charge in [-0.3, -0.25) is 10.1 Å². The van der Waals surface area contributed by atoms with E-state index < -0.39 is 15.8 Å². The number of sulfonamides is 1. The fourth-order valence-corrected chi connectivity index (χ4v) is 2.54. The number of aromatic amines is 1. The van der Waals surface area contributed by atoms with Crippen molar-refractivity contribution in [3.05, 3.63) is 41.6 Å². The number of aromatic nitrogens is 2. The SMILES string of the molecule is Cc1ncc(S(=O)(=O)Nc2ccc(C(=N)N)cc2F)[nH]1. The van der Waals surface area contributed by atoms with Gasteiger partial charge in [-0.1, -0.05) is 0 Å². The van der Waals surface area contributed by atoms with Crippen LogP contribution in [0.2, 0.25) is 0 Å². The molecule has 2 aromatic rings. The minimum Gasteiger partial charge on any atom is -0.384 e. The number of hydrogen-bond acceptors (Lipinski definition) is 4. The molecule has 1 aromatic heterocycles. The van der Waals surface area contributed by atoms with Crippen molar-refractivity contribution < 1.29 is 12.8 Å². The van der Waals surface area contributed by atoms with Crippen LogP contribution in [0, 0.1) is 18.2 Å². The Morgan fingerprint density at radius 1 is 1.50 bits per heavy atom. The van der Waals surface area contributed by atoms with Gasteiger partial charge in [-0.25, -0.2) is 9.37 Å². The van der Waals surface area contributed by atoms with E-state index in [1.807, 2.05) is 0 Å². The van der Waals surface area contributed by atoms with E-state index in [-0.39, 0.29) is 22.1 Å². The first kappa shape index (κ1) is 14.0. The summed E-state index contributed by atoms with van der Waals surface area (Å²) in [5.41, 5.74) is 5.15. The molecule has 2 rings (SSSR count).